The van der Waals surface area contributed by atoms with Crippen LogP contribution in [0.15, 0.2) is 55.0 Å². The van der Waals surface area contributed by atoms with Crippen LogP contribution in [0.2, 0.25) is 0 Å². The second-order valence-corrected chi connectivity index (χ2v) is 6.12. The van der Waals surface area contributed by atoms with Gasteiger partial charge in [0.25, 0.3) is 0 Å². The molecule has 0 saturated heterocycles. The van der Waals surface area contributed by atoms with Gasteiger partial charge in [-0.1, -0.05) is 12.1 Å². The number of anilines is 1. The Balaban J connectivity index is 1.57. The van der Waals surface area contributed by atoms with Gasteiger partial charge in [0.15, 0.2) is 5.82 Å². The molecule has 0 amide bonds. The summed E-state index contributed by atoms with van der Waals surface area (Å²) in [5, 5.41) is 14.7. The zero-order chi connectivity index (χ0) is 17.2. The summed E-state index contributed by atoms with van der Waals surface area (Å²) >= 11 is 0. The Morgan fingerprint density at radius 3 is 2.68 bits per heavy atom. The van der Waals surface area contributed by atoms with Crippen molar-refractivity contribution in [2.75, 3.05) is 11.4 Å². The minimum Gasteiger partial charge on any atom is -0.387 e. The summed E-state index contributed by atoms with van der Waals surface area (Å²) < 4.78 is 14.7. The van der Waals surface area contributed by atoms with E-state index in [1.165, 1.54) is 12.1 Å². The maximum absolute atomic E-state index is 13.1. The van der Waals surface area contributed by atoms with E-state index in [-0.39, 0.29) is 5.82 Å². The molecule has 25 heavy (non-hydrogen) atoms. The minimum absolute atomic E-state index is 0.315. The number of rotatable bonds is 6. The van der Waals surface area contributed by atoms with Gasteiger partial charge in [-0.25, -0.2) is 14.1 Å². The average molecular weight is 339 g/mol. The van der Waals surface area contributed by atoms with Crippen LogP contribution in [-0.2, 0) is 0 Å². The van der Waals surface area contributed by atoms with E-state index in [1.54, 1.807) is 35.3 Å². The molecule has 1 saturated carbocycles. The number of hydrogen-bond acceptors (Lipinski definition) is 5. The summed E-state index contributed by atoms with van der Waals surface area (Å²) in [5.41, 5.74) is 0.676. The molecule has 2 heterocycles. The Morgan fingerprint density at radius 1 is 1.20 bits per heavy atom. The highest BCUT2D eigenvalue weighted by Crippen LogP contribution is 2.31. The summed E-state index contributed by atoms with van der Waals surface area (Å²) in [4.78, 5) is 11.0. The van der Waals surface area contributed by atoms with Crippen molar-refractivity contribution in [3.05, 3.63) is 66.4 Å². The second-order valence-electron chi connectivity index (χ2n) is 6.12. The van der Waals surface area contributed by atoms with Crippen molar-refractivity contribution in [2.24, 2.45) is 0 Å². The highest BCUT2D eigenvalue weighted by atomic mass is 19.1. The van der Waals surface area contributed by atoms with Crippen molar-refractivity contribution < 1.29 is 9.50 Å². The summed E-state index contributed by atoms with van der Waals surface area (Å²) in [6, 6.07) is 9.86. The molecule has 1 aliphatic carbocycles. The lowest BCUT2D eigenvalue weighted by Gasteiger charge is -2.25. The van der Waals surface area contributed by atoms with Gasteiger partial charge in [0.2, 0.25) is 5.95 Å². The molecule has 0 spiro atoms. The highest BCUT2D eigenvalue weighted by molar-refractivity contribution is 5.38. The quantitative estimate of drug-likeness (QED) is 0.747. The van der Waals surface area contributed by atoms with Crippen LogP contribution in [0.25, 0.3) is 5.82 Å². The molecule has 1 aliphatic rings. The molecule has 1 N–H and O–H groups in total. The summed E-state index contributed by atoms with van der Waals surface area (Å²) in [6.07, 6.45) is 6.56. The summed E-state index contributed by atoms with van der Waals surface area (Å²) in [7, 11) is 0. The number of benzene rings is 1. The van der Waals surface area contributed by atoms with Gasteiger partial charge in [-0.2, -0.15) is 10.1 Å². The van der Waals surface area contributed by atoms with Crippen molar-refractivity contribution in [2.45, 2.75) is 25.0 Å². The topological polar surface area (TPSA) is 67.1 Å². The fraction of sp³-hybridized carbons (Fsp3) is 0.278. The maximum atomic E-state index is 13.1. The molecule has 7 heteroatoms. The molecule has 3 aromatic rings. The van der Waals surface area contributed by atoms with E-state index >= 15 is 0 Å². The summed E-state index contributed by atoms with van der Waals surface area (Å²) in [5.74, 6) is 0.929. The van der Waals surface area contributed by atoms with Crippen LogP contribution < -0.4 is 4.90 Å². The normalized spacial score (nSPS) is 15.1. The van der Waals surface area contributed by atoms with E-state index in [2.05, 4.69) is 15.1 Å². The smallest absolute Gasteiger partial charge is 0.227 e. The minimum atomic E-state index is -0.738. The Labute approximate surface area is 144 Å². The fourth-order valence-corrected chi connectivity index (χ4v) is 2.77. The van der Waals surface area contributed by atoms with E-state index in [0.29, 0.717) is 29.9 Å². The lowest BCUT2D eigenvalue weighted by atomic mass is 10.1. The van der Waals surface area contributed by atoms with Crippen LogP contribution in [0.3, 0.4) is 0 Å². The van der Waals surface area contributed by atoms with Crippen LogP contribution >= 0.6 is 0 Å². The Morgan fingerprint density at radius 2 is 2.00 bits per heavy atom. The monoisotopic (exact) mass is 339 g/mol. The standard InChI is InChI=1S/C18H18FN5O/c19-14-4-2-13(3-5-14)16(25)12-23(15-6-7-15)18-20-10-8-17(22-18)24-11-1-9-21-24/h1-5,8-11,15-16,25H,6-7,12H2/t16-/m1/s1. The van der Waals surface area contributed by atoms with Crippen LogP contribution in [0.1, 0.15) is 24.5 Å². The van der Waals surface area contributed by atoms with Gasteiger partial charge >= 0.3 is 0 Å². The van der Waals surface area contributed by atoms with Crippen LogP contribution in [0.5, 0.6) is 0 Å². The van der Waals surface area contributed by atoms with E-state index < -0.39 is 6.10 Å². The molecule has 0 unspecified atom stereocenters. The van der Waals surface area contributed by atoms with Gasteiger partial charge in [0, 0.05) is 30.7 Å². The molecule has 2 aromatic heterocycles. The maximum Gasteiger partial charge on any atom is 0.227 e. The third kappa shape index (κ3) is 3.51. The predicted molar refractivity (Wildman–Crippen MR) is 90.9 cm³/mol. The third-order valence-corrected chi connectivity index (χ3v) is 4.24. The molecular formula is C18H18FN5O. The van der Waals surface area contributed by atoms with Gasteiger partial charge < -0.3 is 10.0 Å². The molecule has 6 nitrogen and oxygen atoms in total. The van der Waals surface area contributed by atoms with E-state index in [1.807, 2.05) is 17.2 Å². The zero-order valence-electron chi connectivity index (χ0n) is 13.5. The molecule has 1 aromatic carbocycles. The van der Waals surface area contributed by atoms with Crippen molar-refractivity contribution in [3.63, 3.8) is 0 Å². The molecular weight excluding hydrogens is 321 g/mol. The molecule has 1 atom stereocenters. The van der Waals surface area contributed by atoms with E-state index in [0.717, 1.165) is 12.8 Å². The van der Waals surface area contributed by atoms with Crippen molar-refractivity contribution in [3.8, 4) is 5.82 Å². The Bertz CT molecular complexity index is 833. The second kappa shape index (κ2) is 6.60. The first-order chi connectivity index (χ1) is 12.2. The lowest BCUT2D eigenvalue weighted by molar-refractivity contribution is 0.182. The average Bonchev–Trinajstić information content (AvgIpc) is 3.33. The van der Waals surface area contributed by atoms with Gasteiger partial charge in [-0.15, -0.1) is 0 Å². The van der Waals surface area contributed by atoms with E-state index in [9.17, 15) is 9.50 Å². The molecule has 0 bridgehead atoms. The molecule has 1 fully saturated rings. The molecule has 0 radical (unpaired) electrons. The zero-order valence-corrected chi connectivity index (χ0v) is 13.5. The van der Waals surface area contributed by atoms with Gasteiger partial charge in [0.05, 0.1) is 12.6 Å². The van der Waals surface area contributed by atoms with Crippen LogP contribution in [0, 0.1) is 5.82 Å². The van der Waals surface area contributed by atoms with Crippen molar-refractivity contribution >= 4 is 5.95 Å². The number of aromatic nitrogens is 4. The predicted octanol–water partition coefficient (Wildman–Crippen LogP) is 2.50. The fourth-order valence-electron chi connectivity index (χ4n) is 2.77. The number of aliphatic hydroxyl groups is 1. The molecule has 4 rings (SSSR count). The SMILES string of the molecule is O[C@H](CN(c1nccc(-n2cccn2)n1)C1CC1)c1ccc(F)cc1. The highest BCUT2D eigenvalue weighted by Gasteiger charge is 2.32. The Kier molecular flexibility index (Phi) is 4.15. The Hall–Kier alpha value is -2.80. The first-order valence-electron chi connectivity index (χ1n) is 8.24. The number of aliphatic hydroxyl groups excluding tert-OH is 1. The van der Waals surface area contributed by atoms with Gasteiger partial charge in [0.1, 0.15) is 5.82 Å². The summed E-state index contributed by atoms with van der Waals surface area (Å²) in [6.45, 7) is 0.360. The van der Waals surface area contributed by atoms with Crippen LogP contribution in [0.4, 0.5) is 10.3 Å². The first kappa shape index (κ1) is 15.7. The number of halogens is 1. The van der Waals surface area contributed by atoms with Crippen LogP contribution in [-0.4, -0.2) is 37.4 Å². The van der Waals surface area contributed by atoms with E-state index in [4.69, 9.17) is 0 Å². The number of nitrogens with zero attached hydrogens (tertiary/aromatic N) is 5. The lowest BCUT2D eigenvalue weighted by Crippen LogP contribution is -2.32. The first-order valence-corrected chi connectivity index (χ1v) is 8.24. The van der Waals surface area contributed by atoms with Crippen molar-refractivity contribution in [1.82, 2.24) is 19.7 Å². The molecule has 0 aliphatic heterocycles. The van der Waals surface area contributed by atoms with Gasteiger partial charge in [-0.3, -0.25) is 0 Å². The number of hydrogen-bond donors (Lipinski definition) is 1. The largest absolute Gasteiger partial charge is 0.387 e. The third-order valence-electron chi connectivity index (χ3n) is 4.24. The van der Waals surface area contributed by atoms with Crippen molar-refractivity contribution in [1.29, 1.82) is 0 Å². The molecule has 128 valence electrons. The van der Waals surface area contributed by atoms with Gasteiger partial charge in [-0.05, 0) is 36.6 Å².